The van der Waals surface area contributed by atoms with E-state index in [1.54, 1.807) is 0 Å². The van der Waals surface area contributed by atoms with Gasteiger partial charge >= 0.3 is 0 Å². The molecule has 1 aliphatic carbocycles. The first kappa shape index (κ1) is 12.5. The Morgan fingerprint density at radius 1 is 1.29 bits per heavy atom. The average molecular weight is 237 g/mol. The highest BCUT2D eigenvalue weighted by Crippen LogP contribution is 2.28. The minimum absolute atomic E-state index is 0.622. The molecule has 0 spiro atoms. The van der Waals surface area contributed by atoms with Crippen LogP contribution in [0.15, 0.2) is 0 Å². The lowest BCUT2D eigenvalue weighted by Crippen LogP contribution is -2.28. The minimum atomic E-state index is 0.622. The lowest BCUT2D eigenvalue weighted by Gasteiger charge is -2.18. The molecule has 2 rings (SSSR count). The van der Waals surface area contributed by atoms with Gasteiger partial charge < -0.3 is 5.32 Å². The van der Waals surface area contributed by atoms with E-state index in [9.17, 15) is 0 Å². The SMILES string of the molecule is CC(C)C1CCCC(NCc2nn[nH]n2)CC1. The Kier molecular flexibility index (Phi) is 4.48. The molecule has 2 atom stereocenters. The summed E-state index contributed by atoms with van der Waals surface area (Å²) < 4.78 is 0. The van der Waals surface area contributed by atoms with Gasteiger partial charge in [0.2, 0.25) is 0 Å². The molecule has 0 saturated heterocycles. The third-order valence-corrected chi connectivity index (χ3v) is 3.89. The van der Waals surface area contributed by atoms with Crippen LogP contribution in [-0.2, 0) is 6.54 Å². The Morgan fingerprint density at radius 2 is 2.18 bits per heavy atom. The van der Waals surface area contributed by atoms with Crippen LogP contribution in [0.3, 0.4) is 0 Å². The molecule has 1 saturated carbocycles. The molecule has 2 unspecified atom stereocenters. The molecule has 1 aliphatic rings. The van der Waals surface area contributed by atoms with Crippen molar-refractivity contribution in [1.82, 2.24) is 25.9 Å². The summed E-state index contributed by atoms with van der Waals surface area (Å²) in [7, 11) is 0. The van der Waals surface area contributed by atoms with E-state index < -0.39 is 0 Å². The van der Waals surface area contributed by atoms with E-state index in [1.807, 2.05) is 0 Å². The zero-order chi connectivity index (χ0) is 12.1. The summed E-state index contributed by atoms with van der Waals surface area (Å²) >= 11 is 0. The van der Waals surface area contributed by atoms with Gasteiger partial charge in [0.15, 0.2) is 5.82 Å². The first-order valence-electron chi connectivity index (χ1n) is 6.71. The second-order valence-electron chi connectivity index (χ2n) is 5.42. The highest BCUT2D eigenvalue weighted by atomic mass is 15.5. The largest absolute Gasteiger partial charge is 0.307 e. The summed E-state index contributed by atoms with van der Waals surface area (Å²) in [6.45, 7) is 5.42. The van der Waals surface area contributed by atoms with Crippen LogP contribution in [0.5, 0.6) is 0 Å². The third kappa shape index (κ3) is 3.77. The van der Waals surface area contributed by atoms with Gasteiger partial charge in [0.05, 0.1) is 6.54 Å². The molecule has 1 fully saturated rings. The minimum Gasteiger partial charge on any atom is -0.307 e. The molecule has 0 radical (unpaired) electrons. The Hall–Kier alpha value is -0.970. The van der Waals surface area contributed by atoms with Crippen LogP contribution in [0.25, 0.3) is 0 Å². The van der Waals surface area contributed by atoms with Crippen molar-refractivity contribution in [2.45, 2.75) is 58.5 Å². The normalized spacial score (nSPS) is 26.1. The summed E-state index contributed by atoms with van der Waals surface area (Å²) in [5.41, 5.74) is 0. The van der Waals surface area contributed by atoms with E-state index >= 15 is 0 Å². The maximum atomic E-state index is 3.96. The fourth-order valence-electron chi connectivity index (χ4n) is 2.69. The van der Waals surface area contributed by atoms with Crippen molar-refractivity contribution in [3.8, 4) is 0 Å². The number of rotatable bonds is 4. The fraction of sp³-hybridized carbons (Fsp3) is 0.917. The van der Waals surface area contributed by atoms with Crippen LogP contribution in [0, 0.1) is 11.8 Å². The molecule has 1 aromatic heterocycles. The lowest BCUT2D eigenvalue weighted by molar-refractivity contribution is 0.337. The highest BCUT2D eigenvalue weighted by Gasteiger charge is 2.20. The second kappa shape index (κ2) is 6.10. The number of hydrogen-bond donors (Lipinski definition) is 2. The quantitative estimate of drug-likeness (QED) is 0.785. The predicted octanol–water partition coefficient (Wildman–Crippen LogP) is 1.89. The van der Waals surface area contributed by atoms with Crippen LogP contribution in [0.2, 0.25) is 0 Å². The number of aromatic amines is 1. The molecule has 96 valence electrons. The molecule has 1 aromatic rings. The molecule has 1 heterocycles. The Morgan fingerprint density at radius 3 is 2.88 bits per heavy atom. The van der Waals surface area contributed by atoms with Gasteiger partial charge in [0, 0.05) is 6.04 Å². The molecule has 5 nitrogen and oxygen atoms in total. The molecule has 0 aromatic carbocycles. The van der Waals surface area contributed by atoms with Gasteiger partial charge in [0.25, 0.3) is 0 Å². The van der Waals surface area contributed by atoms with Gasteiger partial charge in [0.1, 0.15) is 0 Å². The van der Waals surface area contributed by atoms with Gasteiger partial charge in [-0.25, -0.2) is 0 Å². The molecule has 0 bridgehead atoms. The fourth-order valence-corrected chi connectivity index (χ4v) is 2.69. The van der Waals surface area contributed by atoms with Crippen molar-refractivity contribution < 1.29 is 0 Å². The van der Waals surface area contributed by atoms with Crippen molar-refractivity contribution in [3.63, 3.8) is 0 Å². The van der Waals surface area contributed by atoms with Crippen LogP contribution in [-0.4, -0.2) is 26.7 Å². The molecule has 17 heavy (non-hydrogen) atoms. The van der Waals surface area contributed by atoms with Crippen molar-refractivity contribution >= 4 is 0 Å². The highest BCUT2D eigenvalue weighted by molar-refractivity contribution is 4.80. The molecule has 0 aliphatic heterocycles. The van der Waals surface area contributed by atoms with E-state index in [-0.39, 0.29) is 0 Å². The average Bonchev–Trinajstić information content (AvgIpc) is 2.70. The Bertz CT molecular complexity index is 309. The summed E-state index contributed by atoms with van der Waals surface area (Å²) in [4.78, 5) is 0. The van der Waals surface area contributed by atoms with E-state index in [2.05, 4.69) is 39.8 Å². The molecule has 2 N–H and O–H groups in total. The van der Waals surface area contributed by atoms with E-state index in [0.717, 1.165) is 24.2 Å². The van der Waals surface area contributed by atoms with Crippen LogP contribution >= 0.6 is 0 Å². The summed E-state index contributed by atoms with van der Waals surface area (Å²) in [5.74, 6) is 2.49. The molecule has 0 amide bonds. The van der Waals surface area contributed by atoms with Crippen molar-refractivity contribution in [2.24, 2.45) is 11.8 Å². The topological polar surface area (TPSA) is 66.5 Å². The Balaban J connectivity index is 1.75. The number of tetrazole rings is 1. The van der Waals surface area contributed by atoms with Gasteiger partial charge in [-0.15, -0.1) is 10.2 Å². The number of H-pyrrole nitrogens is 1. The van der Waals surface area contributed by atoms with Gasteiger partial charge in [-0.1, -0.05) is 31.9 Å². The molecule has 5 heteroatoms. The van der Waals surface area contributed by atoms with Crippen molar-refractivity contribution in [1.29, 1.82) is 0 Å². The summed E-state index contributed by atoms with van der Waals surface area (Å²) in [6.07, 6.45) is 6.63. The van der Waals surface area contributed by atoms with Gasteiger partial charge in [-0.2, -0.15) is 5.21 Å². The third-order valence-electron chi connectivity index (χ3n) is 3.89. The predicted molar refractivity (Wildman–Crippen MR) is 66.2 cm³/mol. The Labute approximate surface area is 103 Å². The number of nitrogens with zero attached hydrogens (tertiary/aromatic N) is 3. The first-order valence-corrected chi connectivity index (χ1v) is 6.71. The lowest BCUT2D eigenvalue weighted by atomic mass is 9.89. The van der Waals surface area contributed by atoms with Crippen molar-refractivity contribution in [2.75, 3.05) is 0 Å². The van der Waals surface area contributed by atoms with Crippen LogP contribution in [0.1, 0.15) is 51.8 Å². The standard InChI is InChI=1S/C12H23N5/c1-9(2)10-4-3-5-11(7-6-10)13-8-12-14-16-17-15-12/h9-11,13H,3-8H2,1-2H3,(H,14,15,16,17). The van der Waals surface area contributed by atoms with E-state index in [4.69, 9.17) is 0 Å². The smallest absolute Gasteiger partial charge is 0.188 e. The van der Waals surface area contributed by atoms with Crippen LogP contribution in [0.4, 0.5) is 0 Å². The zero-order valence-electron chi connectivity index (χ0n) is 10.8. The molecular formula is C12H23N5. The van der Waals surface area contributed by atoms with Gasteiger partial charge in [-0.05, 0) is 31.1 Å². The van der Waals surface area contributed by atoms with Gasteiger partial charge in [-0.3, -0.25) is 0 Å². The maximum absolute atomic E-state index is 3.96. The molecular weight excluding hydrogens is 214 g/mol. The number of hydrogen-bond acceptors (Lipinski definition) is 4. The number of aromatic nitrogens is 4. The number of nitrogens with one attached hydrogen (secondary N) is 2. The zero-order valence-corrected chi connectivity index (χ0v) is 10.8. The van der Waals surface area contributed by atoms with Crippen LogP contribution < -0.4 is 5.32 Å². The maximum Gasteiger partial charge on any atom is 0.188 e. The first-order chi connectivity index (χ1) is 8.25. The summed E-state index contributed by atoms with van der Waals surface area (Å²) in [6, 6.07) is 0.622. The van der Waals surface area contributed by atoms with Crippen molar-refractivity contribution in [3.05, 3.63) is 5.82 Å². The monoisotopic (exact) mass is 237 g/mol. The second-order valence-corrected chi connectivity index (χ2v) is 5.42. The van der Waals surface area contributed by atoms with E-state index in [0.29, 0.717) is 6.04 Å². The summed E-state index contributed by atoms with van der Waals surface area (Å²) in [5, 5.41) is 17.5. The van der Waals surface area contributed by atoms with E-state index in [1.165, 1.54) is 32.1 Å².